The van der Waals surface area contributed by atoms with E-state index < -0.39 is 5.54 Å². The van der Waals surface area contributed by atoms with Gasteiger partial charge in [-0.05, 0) is 25.7 Å². The van der Waals surface area contributed by atoms with Gasteiger partial charge in [-0.1, -0.05) is 30.3 Å². The van der Waals surface area contributed by atoms with Crippen molar-refractivity contribution in [1.29, 1.82) is 0 Å². The molecule has 0 radical (unpaired) electrons. The number of nitrogens with one attached hydrogen (secondary N) is 2. The van der Waals surface area contributed by atoms with E-state index in [-0.39, 0.29) is 12.6 Å². The number of hydrogen-bond acceptors (Lipinski definition) is 4. The molecule has 0 aliphatic heterocycles. The highest BCUT2D eigenvalue weighted by Gasteiger charge is 2.42. The number of aromatic nitrogens is 1. The summed E-state index contributed by atoms with van der Waals surface area (Å²) in [5.74, 6) is 0.389. The minimum Gasteiger partial charge on any atom is -0.394 e. The highest BCUT2D eigenvalue weighted by Crippen LogP contribution is 2.39. The van der Waals surface area contributed by atoms with Gasteiger partial charge in [-0.15, -0.1) is 11.3 Å². The van der Waals surface area contributed by atoms with E-state index >= 15 is 0 Å². The number of benzene rings is 1. The Balaban J connectivity index is 1.46. The molecule has 1 fully saturated rings. The summed E-state index contributed by atoms with van der Waals surface area (Å²) in [6.45, 7) is 2.39. The average Bonchev–Trinajstić information content (AvgIpc) is 3.36. The fraction of sp³-hybridized carbons (Fsp3) is 0.444. The number of carbonyl (C=O) groups is 1. The van der Waals surface area contributed by atoms with Crippen LogP contribution in [-0.4, -0.2) is 34.8 Å². The number of thiazole rings is 1. The van der Waals surface area contributed by atoms with Crippen LogP contribution in [0.1, 0.15) is 25.5 Å². The predicted molar refractivity (Wildman–Crippen MR) is 96.0 cm³/mol. The molecule has 1 saturated carbocycles. The zero-order valence-corrected chi connectivity index (χ0v) is 14.6. The molecule has 1 aromatic carbocycles. The maximum Gasteiger partial charge on any atom is 0.315 e. The molecule has 6 heteroatoms. The molecule has 1 aliphatic carbocycles. The first-order valence-electron chi connectivity index (χ1n) is 8.27. The first-order chi connectivity index (χ1) is 11.6. The SMILES string of the molecule is CC(CO)(NC(=O)NCCc1csc(-c2ccccc2)n1)C1CC1. The maximum absolute atomic E-state index is 12.0. The molecular formula is C18H23N3O2S. The summed E-state index contributed by atoms with van der Waals surface area (Å²) in [7, 11) is 0. The van der Waals surface area contributed by atoms with E-state index in [4.69, 9.17) is 0 Å². The van der Waals surface area contributed by atoms with E-state index in [1.54, 1.807) is 11.3 Å². The maximum atomic E-state index is 12.0. The standard InChI is InChI=1S/C18H23N3O2S/c1-18(12-22,14-7-8-14)21-17(23)19-10-9-15-11-24-16(20-15)13-5-3-2-4-6-13/h2-6,11,14,22H,7-10,12H2,1H3,(H2,19,21,23). The summed E-state index contributed by atoms with van der Waals surface area (Å²) in [6, 6.07) is 9.85. The Morgan fingerprint density at radius 3 is 2.79 bits per heavy atom. The average molecular weight is 345 g/mol. The van der Waals surface area contributed by atoms with Crippen LogP contribution < -0.4 is 10.6 Å². The molecule has 5 nitrogen and oxygen atoms in total. The highest BCUT2D eigenvalue weighted by molar-refractivity contribution is 7.13. The van der Waals surface area contributed by atoms with E-state index in [1.165, 1.54) is 0 Å². The Bertz CT molecular complexity index is 685. The van der Waals surface area contributed by atoms with Crippen molar-refractivity contribution >= 4 is 17.4 Å². The molecule has 0 spiro atoms. The smallest absolute Gasteiger partial charge is 0.315 e. The monoisotopic (exact) mass is 345 g/mol. The Morgan fingerprint density at radius 2 is 2.12 bits per heavy atom. The van der Waals surface area contributed by atoms with E-state index in [9.17, 15) is 9.90 Å². The molecule has 128 valence electrons. The van der Waals surface area contributed by atoms with Crippen LogP contribution in [0.25, 0.3) is 10.6 Å². The molecule has 24 heavy (non-hydrogen) atoms. The number of amides is 2. The lowest BCUT2D eigenvalue weighted by Gasteiger charge is -2.28. The second-order valence-corrected chi connectivity index (χ2v) is 7.35. The number of hydrogen-bond donors (Lipinski definition) is 3. The summed E-state index contributed by atoms with van der Waals surface area (Å²) in [4.78, 5) is 16.6. The van der Waals surface area contributed by atoms with E-state index in [1.807, 2.05) is 42.6 Å². The van der Waals surface area contributed by atoms with Gasteiger partial charge in [0.1, 0.15) is 5.01 Å². The fourth-order valence-corrected chi connectivity index (χ4v) is 3.59. The largest absolute Gasteiger partial charge is 0.394 e. The molecule has 1 aromatic heterocycles. The van der Waals surface area contributed by atoms with Gasteiger partial charge in [-0.3, -0.25) is 0 Å². The van der Waals surface area contributed by atoms with Crippen LogP contribution in [0.3, 0.4) is 0 Å². The number of aliphatic hydroxyl groups excluding tert-OH is 1. The van der Waals surface area contributed by atoms with Crippen LogP contribution in [0, 0.1) is 5.92 Å². The van der Waals surface area contributed by atoms with Crippen molar-refractivity contribution in [2.24, 2.45) is 5.92 Å². The van der Waals surface area contributed by atoms with Crippen molar-refractivity contribution in [2.45, 2.75) is 31.7 Å². The second-order valence-electron chi connectivity index (χ2n) is 6.49. The summed E-state index contributed by atoms with van der Waals surface area (Å²) >= 11 is 1.61. The molecule has 1 atom stereocenters. The quantitative estimate of drug-likeness (QED) is 0.722. The third kappa shape index (κ3) is 4.13. The lowest BCUT2D eigenvalue weighted by Crippen LogP contribution is -2.54. The van der Waals surface area contributed by atoms with Crippen molar-refractivity contribution < 1.29 is 9.90 Å². The first-order valence-corrected chi connectivity index (χ1v) is 9.15. The summed E-state index contributed by atoms with van der Waals surface area (Å²) in [5, 5.41) is 18.3. The summed E-state index contributed by atoms with van der Waals surface area (Å²) in [5.41, 5.74) is 1.58. The molecule has 3 N–H and O–H groups in total. The Morgan fingerprint density at radius 1 is 1.38 bits per heavy atom. The zero-order chi connectivity index (χ0) is 17.0. The van der Waals surface area contributed by atoms with Crippen molar-refractivity contribution in [3.8, 4) is 10.6 Å². The third-order valence-corrected chi connectivity index (χ3v) is 5.39. The normalized spacial score (nSPS) is 16.4. The van der Waals surface area contributed by atoms with E-state index in [2.05, 4.69) is 15.6 Å². The topological polar surface area (TPSA) is 74.2 Å². The molecule has 1 heterocycles. The summed E-state index contributed by atoms with van der Waals surface area (Å²) in [6.07, 6.45) is 2.83. The van der Waals surface area contributed by atoms with Crippen molar-refractivity contribution in [1.82, 2.24) is 15.6 Å². The van der Waals surface area contributed by atoms with Crippen LogP contribution in [0.15, 0.2) is 35.7 Å². The van der Waals surface area contributed by atoms with Gasteiger partial charge < -0.3 is 15.7 Å². The number of urea groups is 1. The van der Waals surface area contributed by atoms with Gasteiger partial charge in [0.25, 0.3) is 0 Å². The minimum absolute atomic E-state index is 0.0302. The van der Waals surface area contributed by atoms with Gasteiger partial charge in [-0.25, -0.2) is 9.78 Å². The van der Waals surface area contributed by atoms with Gasteiger partial charge in [-0.2, -0.15) is 0 Å². The van der Waals surface area contributed by atoms with Crippen LogP contribution in [0.5, 0.6) is 0 Å². The number of rotatable bonds is 7. The van der Waals surface area contributed by atoms with Crippen LogP contribution in [0.4, 0.5) is 4.79 Å². The Kier molecular flexibility index (Phi) is 5.16. The number of nitrogens with zero attached hydrogens (tertiary/aromatic N) is 1. The number of aliphatic hydroxyl groups is 1. The summed E-state index contributed by atoms with van der Waals surface area (Å²) < 4.78 is 0. The van der Waals surface area contributed by atoms with Gasteiger partial charge in [0, 0.05) is 23.9 Å². The van der Waals surface area contributed by atoms with Crippen LogP contribution >= 0.6 is 11.3 Å². The minimum atomic E-state index is -0.509. The molecule has 3 rings (SSSR count). The third-order valence-electron chi connectivity index (χ3n) is 4.45. The zero-order valence-electron chi connectivity index (χ0n) is 13.8. The molecule has 1 aliphatic rings. The van der Waals surface area contributed by atoms with Crippen LogP contribution in [0.2, 0.25) is 0 Å². The molecule has 0 bridgehead atoms. The molecule has 0 saturated heterocycles. The van der Waals surface area contributed by atoms with Crippen molar-refractivity contribution in [3.63, 3.8) is 0 Å². The molecule has 2 amide bonds. The predicted octanol–water partition coefficient (Wildman–Crippen LogP) is 2.81. The fourth-order valence-electron chi connectivity index (χ4n) is 2.73. The van der Waals surface area contributed by atoms with Crippen LogP contribution in [-0.2, 0) is 6.42 Å². The Labute approximate surface area is 146 Å². The van der Waals surface area contributed by atoms with Crippen molar-refractivity contribution in [3.05, 3.63) is 41.4 Å². The Hall–Kier alpha value is -1.92. The molecular weight excluding hydrogens is 322 g/mol. The van der Waals surface area contributed by atoms with Gasteiger partial charge >= 0.3 is 6.03 Å². The van der Waals surface area contributed by atoms with E-state index in [0.717, 1.165) is 29.1 Å². The van der Waals surface area contributed by atoms with Crippen molar-refractivity contribution in [2.75, 3.05) is 13.2 Å². The second kappa shape index (κ2) is 7.32. The number of carbonyl (C=O) groups excluding carboxylic acids is 1. The highest BCUT2D eigenvalue weighted by atomic mass is 32.1. The first kappa shape index (κ1) is 16.9. The van der Waals surface area contributed by atoms with E-state index in [0.29, 0.717) is 18.9 Å². The van der Waals surface area contributed by atoms with Gasteiger partial charge in [0.15, 0.2) is 0 Å². The van der Waals surface area contributed by atoms with Gasteiger partial charge in [0.2, 0.25) is 0 Å². The molecule has 2 aromatic rings. The lowest BCUT2D eigenvalue weighted by atomic mass is 9.97. The van der Waals surface area contributed by atoms with Gasteiger partial charge in [0.05, 0.1) is 17.8 Å². The lowest BCUT2D eigenvalue weighted by molar-refractivity contribution is 0.155. The molecule has 1 unspecified atom stereocenters.